The molecule has 0 saturated carbocycles. The van der Waals surface area contributed by atoms with Gasteiger partial charge in [-0.1, -0.05) is 15.9 Å². The SMILES string of the molecule is COc1ccc(CNc2ncc(C)c3cc(Br)ccc23)c(OC)c1. The summed E-state index contributed by atoms with van der Waals surface area (Å²) >= 11 is 3.53. The highest BCUT2D eigenvalue weighted by molar-refractivity contribution is 9.10. The van der Waals surface area contributed by atoms with Crippen LogP contribution in [0.3, 0.4) is 0 Å². The molecule has 0 atom stereocenters. The van der Waals surface area contributed by atoms with Crippen LogP contribution in [0.2, 0.25) is 0 Å². The largest absolute Gasteiger partial charge is 0.497 e. The predicted octanol–water partition coefficient (Wildman–Crippen LogP) is 4.94. The summed E-state index contributed by atoms with van der Waals surface area (Å²) in [6, 6.07) is 12.0. The van der Waals surface area contributed by atoms with Crippen LogP contribution in [0, 0.1) is 6.92 Å². The van der Waals surface area contributed by atoms with Crippen molar-refractivity contribution < 1.29 is 9.47 Å². The van der Waals surface area contributed by atoms with Crippen molar-refractivity contribution in [2.75, 3.05) is 19.5 Å². The van der Waals surface area contributed by atoms with E-state index < -0.39 is 0 Å². The lowest BCUT2D eigenvalue weighted by Gasteiger charge is -2.13. The maximum atomic E-state index is 5.45. The molecule has 124 valence electrons. The summed E-state index contributed by atoms with van der Waals surface area (Å²) in [6.07, 6.45) is 1.89. The molecular formula is C19H19BrN2O2. The average Bonchev–Trinajstić information content (AvgIpc) is 2.61. The Kier molecular flexibility index (Phi) is 4.90. The number of rotatable bonds is 5. The number of hydrogen-bond donors (Lipinski definition) is 1. The number of benzene rings is 2. The van der Waals surface area contributed by atoms with Gasteiger partial charge in [-0.05, 0) is 48.2 Å². The fraction of sp³-hybridized carbons (Fsp3) is 0.211. The van der Waals surface area contributed by atoms with E-state index in [0.29, 0.717) is 6.54 Å². The highest BCUT2D eigenvalue weighted by Crippen LogP contribution is 2.29. The maximum Gasteiger partial charge on any atom is 0.134 e. The molecule has 1 heterocycles. The number of nitrogens with one attached hydrogen (secondary N) is 1. The Morgan fingerprint density at radius 3 is 2.62 bits per heavy atom. The first-order valence-electron chi connectivity index (χ1n) is 7.62. The van der Waals surface area contributed by atoms with Crippen molar-refractivity contribution in [3.63, 3.8) is 0 Å². The summed E-state index contributed by atoms with van der Waals surface area (Å²) in [7, 11) is 3.31. The lowest BCUT2D eigenvalue weighted by Crippen LogP contribution is -2.04. The molecular weight excluding hydrogens is 368 g/mol. The first kappa shape index (κ1) is 16.6. The monoisotopic (exact) mass is 386 g/mol. The number of nitrogens with zero attached hydrogens (tertiary/aromatic N) is 1. The number of fused-ring (bicyclic) bond motifs is 1. The molecule has 2 aromatic carbocycles. The molecule has 0 unspecified atom stereocenters. The van der Waals surface area contributed by atoms with Crippen LogP contribution in [0.25, 0.3) is 10.8 Å². The molecule has 0 saturated heterocycles. The van der Waals surface area contributed by atoms with Crippen molar-refractivity contribution in [3.8, 4) is 11.5 Å². The highest BCUT2D eigenvalue weighted by atomic mass is 79.9. The molecule has 0 bridgehead atoms. The van der Waals surface area contributed by atoms with Gasteiger partial charge >= 0.3 is 0 Å². The standard InChI is InChI=1S/C19H19BrN2O2/c1-12-10-21-19(16-7-5-14(20)8-17(12)16)22-11-13-4-6-15(23-2)9-18(13)24-3/h4-10H,11H2,1-3H3,(H,21,22). The molecule has 0 radical (unpaired) electrons. The molecule has 1 N–H and O–H groups in total. The first-order chi connectivity index (χ1) is 11.6. The quantitative estimate of drug-likeness (QED) is 0.674. The molecule has 4 nitrogen and oxygen atoms in total. The fourth-order valence-electron chi connectivity index (χ4n) is 2.67. The van der Waals surface area contributed by atoms with Crippen molar-refractivity contribution in [2.45, 2.75) is 13.5 Å². The lowest BCUT2D eigenvalue weighted by atomic mass is 10.1. The van der Waals surface area contributed by atoms with Gasteiger partial charge in [-0.15, -0.1) is 0 Å². The molecule has 3 rings (SSSR count). The second kappa shape index (κ2) is 7.09. The Morgan fingerprint density at radius 1 is 1.04 bits per heavy atom. The average molecular weight is 387 g/mol. The molecule has 5 heteroatoms. The van der Waals surface area contributed by atoms with Crippen LogP contribution >= 0.6 is 15.9 Å². The van der Waals surface area contributed by atoms with Gasteiger partial charge in [0.2, 0.25) is 0 Å². The van der Waals surface area contributed by atoms with Crippen LogP contribution in [0.4, 0.5) is 5.82 Å². The van der Waals surface area contributed by atoms with E-state index in [2.05, 4.69) is 45.3 Å². The Balaban J connectivity index is 1.90. The predicted molar refractivity (Wildman–Crippen MR) is 101 cm³/mol. The topological polar surface area (TPSA) is 43.4 Å². The molecule has 3 aromatic rings. The number of aryl methyl sites for hydroxylation is 1. The summed E-state index contributed by atoms with van der Waals surface area (Å²) in [5, 5.41) is 5.70. The van der Waals surface area contributed by atoms with E-state index in [1.165, 1.54) is 5.39 Å². The zero-order chi connectivity index (χ0) is 17.1. The number of ether oxygens (including phenoxy) is 2. The lowest BCUT2D eigenvalue weighted by molar-refractivity contribution is 0.391. The van der Waals surface area contributed by atoms with Crippen LogP contribution in [0.1, 0.15) is 11.1 Å². The van der Waals surface area contributed by atoms with Gasteiger partial charge in [-0.2, -0.15) is 0 Å². The third kappa shape index (κ3) is 3.31. The molecule has 24 heavy (non-hydrogen) atoms. The van der Waals surface area contributed by atoms with Gasteiger partial charge in [-0.25, -0.2) is 4.98 Å². The van der Waals surface area contributed by atoms with Crippen LogP contribution in [0.5, 0.6) is 11.5 Å². The first-order valence-corrected chi connectivity index (χ1v) is 8.41. The zero-order valence-corrected chi connectivity index (χ0v) is 15.5. The maximum absolute atomic E-state index is 5.45. The molecule has 0 fully saturated rings. The van der Waals surface area contributed by atoms with Gasteiger partial charge < -0.3 is 14.8 Å². The van der Waals surface area contributed by atoms with Gasteiger partial charge in [0.25, 0.3) is 0 Å². The Bertz CT molecular complexity index is 881. The number of anilines is 1. The Morgan fingerprint density at radius 2 is 1.88 bits per heavy atom. The van der Waals surface area contributed by atoms with Gasteiger partial charge in [-0.3, -0.25) is 0 Å². The smallest absolute Gasteiger partial charge is 0.134 e. The van der Waals surface area contributed by atoms with Crippen molar-refractivity contribution >= 4 is 32.5 Å². The Hall–Kier alpha value is -2.27. The summed E-state index contributed by atoms with van der Waals surface area (Å²) in [6.45, 7) is 2.69. The molecule has 0 spiro atoms. The number of pyridine rings is 1. The molecule has 1 aromatic heterocycles. The third-order valence-electron chi connectivity index (χ3n) is 3.99. The van der Waals surface area contributed by atoms with Crippen molar-refractivity contribution in [3.05, 3.63) is 58.2 Å². The van der Waals surface area contributed by atoms with Crippen molar-refractivity contribution in [1.29, 1.82) is 0 Å². The van der Waals surface area contributed by atoms with Crippen LogP contribution in [-0.4, -0.2) is 19.2 Å². The minimum Gasteiger partial charge on any atom is -0.497 e. The van der Waals surface area contributed by atoms with Crippen LogP contribution in [0.15, 0.2) is 47.1 Å². The third-order valence-corrected chi connectivity index (χ3v) is 4.48. The van der Waals surface area contributed by atoms with E-state index in [4.69, 9.17) is 9.47 Å². The number of halogens is 1. The summed E-state index contributed by atoms with van der Waals surface area (Å²) < 4.78 is 11.8. The van der Waals surface area contributed by atoms with E-state index in [-0.39, 0.29) is 0 Å². The number of methoxy groups -OCH3 is 2. The highest BCUT2D eigenvalue weighted by Gasteiger charge is 2.08. The minimum absolute atomic E-state index is 0.619. The van der Waals surface area contributed by atoms with Gasteiger partial charge in [0, 0.05) is 34.2 Å². The second-order valence-electron chi connectivity index (χ2n) is 5.51. The fourth-order valence-corrected chi connectivity index (χ4v) is 3.03. The summed E-state index contributed by atoms with van der Waals surface area (Å²) in [5.41, 5.74) is 2.20. The van der Waals surface area contributed by atoms with Gasteiger partial charge in [0.15, 0.2) is 0 Å². The number of hydrogen-bond acceptors (Lipinski definition) is 4. The van der Waals surface area contributed by atoms with E-state index in [0.717, 1.165) is 38.3 Å². The minimum atomic E-state index is 0.619. The summed E-state index contributed by atoms with van der Waals surface area (Å²) in [4.78, 5) is 4.55. The molecule has 0 amide bonds. The van der Waals surface area contributed by atoms with E-state index in [1.54, 1.807) is 14.2 Å². The van der Waals surface area contributed by atoms with Crippen LogP contribution < -0.4 is 14.8 Å². The molecule has 0 aliphatic heterocycles. The van der Waals surface area contributed by atoms with E-state index in [1.807, 2.05) is 30.5 Å². The van der Waals surface area contributed by atoms with Crippen molar-refractivity contribution in [1.82, 2.24) is 4.98 Å². The van der Waals surface area contributed by atoms with Crippen LogP contribution in [-0.2, 0) is 6.54 Å². The van der Waals surface area contributed by atoms with Gasteiger partial charge in [0.1, 0.15) is 17.3 Å². The summed E-state index contributed by atoms with van der Waals surface area (Å²) in [5.74, 6) is 2.43. The van der Waals surface area contributed by atoms with Gasteiger partial charge in [0.05, 0.1) is 14.2 Å². The van der Waals surface area contributed by atoms with E-state index >= 15 is 0 Å². The number of aromatic nitrogens is 1. The molecule has 0 aliphatic rings. The zero-order valence-electron chi connectivity index (χ0n) is 13.9. The Labute approximate surface area is 149 Å². The molecule has 0 aliphatic carbocycles. The normalized spacial score (nSPS) is 10.7. The van der Waals surface area contributed by atoms with Crippen molar-refractivity contribution in [2.24, 2.45) is 0 Å². The van der Waals surface area contributed by atoms with E-state index in [9.17, 15) is 0 Å². The second-order valence-corrected chi connectivity index (χ2v) is 6.43.